The highest BCUT2D eigenvalue weighted by atomic mass is 35.5. The molecule has 1 rings (SSSR count). The van der Waals surface area contributed by atoms with Crippen molar-refractivity contribution in [2.75, 3.05) is 13.4 Å². The van der Waals surface area contributed by atoms with Gasteiger partial charge in [-0.2, -0.15) is 0 Å². The minimum atomic E-state index is -3.28. The van der Waals surface area contributed by atoms with Crippen LogP contribution in [0.25, 0.3) is 0 Å². The van der Waals surface area contributed by atoms with Gasteiger partial charge in [-0.05, 0) is 18.2 Å². The summed E-state index contributed by atoms with van der Waals surface area (Å²) in [4.78, 5) is 0.113. The fourth-order valence-electron chi connectivity index (χ4n) is 0.940. The van der Waals surface area contributed by atoms with Crippen LogP contribution in [0.3, 0.4) is 0 Å². The van der Waals surface area contributed by atoms with Crippen LogP contribution in [0.2, 0.25) is 5.02 Å². The molecule has 17 heavy (non-hydrogen) atoms. The Bertz CT molecular complexity index is 414. The highest BCUT2D eigenvalue weighted by molar-refractivity contribution is 7.90. The summed E-state index contributed by atoms with van der Waals surface area (Å²) in [5, 5.41) is 0.376. The maximum atomic E-state index is 11.2. The normalized spacial score (nSPS) is 9.35. The van der Waals surface area contributed by atoms with Gasteiger partial charge in [-0.25, -0.2) is 8.42 Å². The first-order valence-electron chi connectivity index (χ1n) is 5.49. The lowest BCUT2D eigenvalue weighted by atomic mass is 10.3. The Balaban J connectivity index is 0. The van der Waals surface area contributed by atoms with Crippen LogP contribution in [-0.4, -0.2) is 21.8 Å². The molecule has 1 aromatic carbocycles. The molecule has 0 heterocycles. The highest BCUT2D eigenvalue weighted by Gasteiger charge is 2.13. The Labute approximate surface area is 110 Å². The third-order valence-corrected chi connectivity index (χ3v) is 2.88. The van der Waals surface area contributed by atoms with Crippen LogP contribution in [0.15, 0.2) is 23.1 Å². The third-order valence-electron chi connectivity index (χ3n) is 1.53. The molecule has 0 saturated carbocycles. The quantitative estimate of drug-likeness (QED) is 0.827. The first-order valence-corrected chi connectivity index (χ1v) is 7.75. The van der Waals surface area contributed by atoms with Gasteiger partial charge in [0.2, 0.25) is 0 Å². The van der Waals surface area contributed by atoms with Crippen molar-refractivity contribution in [2.24, 2.45) is 0 Å². The van der Waals surface area contributed by atoms with Gasteiger partial charge < -0.3 is 4.74 Å². The van der Waals surface area contributed by atoms with Crippen molar-refractivity contribution >= 4 is 21.4 Å². The second-order valence-corrected chi connectivity index (χ2v) is 4.99. The number of ether oxygens (including phenoxy) is 1. The topological polar surface area (TPSA) is 43.4 Å². The molecule has 0 aromatic heterocycles. The maximum absolute atomic E-state index is 11.2. The molecule has 0 radical (unpaired) electrons. The van der Waals surface area contributed by atoms with Crippen molar-refractivity contribution in [3.05, 3.63) is 23.2 Å². The zero-order valence-corrected chi connectivity index (χ0v) is 12.8. The first kappa shape index (κ1) is 18.6. The van der Waals surface area contributed by atoms with E-state index in [2.05, 4.69) is 0 Å². The predicted molar refractivity (Wildman–Crippen MR) is 73.8 cm³/mol. The zero-order valence-electron chi connectivity index (χ0n) is 11.2. The molecule has 1 aromatic rings. The molecule has 5 heteroatoms. The average molecular weight is 281 g/mol. The molecular formula is C12H21ClO3S. The number of benzene rings is 1. The van der Waals surface area contributed by atoms with Gasteiger partial charge in [0.25, 0.3) is 0 Å². The van der Waals surface area contributed by atoms with E-state index in [1.54, 1.807) is 6.07 Å². The van der Waals surface area contributed by atoms with E-state index in [1.807, 2.05) is 27.7 Å². The SMILES string of the molecule is CC.CC.COc1ccc(Cl)cc1S(C)(=O)=O. The molecule has 0 spiro atoms. The van der Waals surface area contributed by atoms with E-state index in [9.17, 15) is 8.42 Å². The molecule has 0 amide bonds. The molecule has 3 nitrogen and oxygen atoms in total. The Hall–Kier alpha value is -0.740. The van der Waals surface area contributed by atoms with Gasteiger partial charge in [-0.1, -0.05) is 39.3 Å². The Kier molecular flexibility index (Phi) is 10.2. The minimum Gasteiger partial charge on any atom is -0.495 e. The van der Waals surface area contributed by atoms with Gasteiger partial charge in [-0.15, -0.1) is 0 Å². The molecule has 0 bridgehead atoms. The van der Waals surface area contributed by atoms with E-state index in [4.69, 9.17) is 16.3 Å². The molecule has 0 fully saturated rings. The first-order chi connectivity index (χ1) is 7.95. The summed E-state index contributed by atoms with van der Waals surface area (Å²) in [6, 6.07) is 4.48. The lowest BCUT2D eigenvalue weighted by molar-refractivity contribution is 0.403. The van der Waals surface area contributed by atoms with Crippen molar-refractivity contribution < 1.29 is 13.2 Å². The largest absolute Gasteiger partial charge is 0.495 e. The van der Waals surface area contributed by atoms with E-state index < -0.39 is 9.84 Å². The number of hydrogen-bond acceptors (Lipinski definition) is 3. The average Bonchev–Trinajstić information content (AvgIpc) is 2.33. The van der Waals surface area contributed by atoms with Crippen molar-refractivity contribution in [1.29, 1.82) is 0 Å². The highest BCUT2D eigenvalue weighted by Crippen LogP contribution is 2.26. The van der Waals surface area contributed by atoms with Crippen molar-refractivity contribution in [1.82, 2.24) is 0 Å². The van der Waals surface area contributed by atoms with E-state index >= 15 is 0 Å². The second kappa shape index (κ2) is 9.31. The Morgan fingerprint density at radius 2 is 1.59 bits per heavy atom. The zero-order chi connectivity index (χ0) is 14.1. The van der Waals surface area contributed by atoms with Crippen molar-refractivity contribution in [3.63, 3.8) is 0 Å². The van der Waals surface area contributed by atoms with E-state index in [0.29, 0.717) is 10.8 Å². The fourth-order valence-corrected chi connectivity index (χ4v) is 2.03. The van der Waals surface area contributed by atoms with Crippen LogP contribution in [0.1, 0.15) is 27.7 Å². The van der Waals surface area contributed by atoms with Gasteiger partial charge in [0.1, 0.15) is 10.6 Å². The van der Waals surface area contributed by atoms with Crippen molar-refractivity contribution in [3.8, 4) is 5.75 Å². The minimum absolute atomic E-state index is 0.113. The number of halogens is 1. The standard InChI is InChI=1S/C8H9ClO3S.2C2H6/c1-12-7-4-3-6(9)5-8(7)13(2,10)11;2*1-2/h3-5H,1-2H3;2*1-2H3. The van der Waals surface area contributed by atoms with Crippen LogP contribution in [0.5, 0.6) is 5.75 Å². The summed E-state index contributed by atoms with van der Waals surface area (Å²) in [5.74, 6) is 0.312. The third kappa shape index (κ3) is 6.54. The summed E-state index contributed by atoms with van der Waals surface area (Å²) >= 11 is 5.66. The molecule has 0 aliphatic carbocycles. The molecular weight excluding hydrogens is 260 g/mol. The van der Waals surface area contributed by atoms with Gasteiger partial charge in [0.05, 0.1) is 7.11 Å². The number of rotatable bonds is 2. The summed E-state index contributed by atoms with van der Waals surface area (Å²) in [7, 11) is -1.86. The van der Waals surface area contributed by atoms with Gasteiger partial charge in [-0.3, -0.25) is 0 Å². The van der Waals surface area contributed by atoms with Gasteiger partial charge >= 0.3 is 0 Å². The monoisotopic (exact) mass is 280 g/mol. The predicted octanol–water partition coefficient (Wildman–Crippen LogP) is 3.80. The number of methoxy groups -OCH3 is 1. The van der Waals surface area contributed by atoms with Gasteiger partial charge in [0, 0.05) is 11.3 Å². The number of sulfone groups is 1. The second-order valence-electron chi connectivity index (χ2n) is 2.57. The van der Waals surface area contributed by atoms with Crippen LogP contribution in [0, 0.1) is 0 Å². The van der Waals surface area contributed by atoms with E-state index in [0.717, 1.165) is 6.26 Å². The summed E-state index contributed by atoms with van der Waals surface area (Å²) in [5.41, 5.74) is 0. The van der Waals surface area contributed by atoms with Gasteiger partial charge in [0.15, 0.2) is 9.84 Å². The van der Waals surface area contributed by atoms with Crippen molar-refractivity contribution in [2.45, 2.75) is 32.6 Å². The molecule has 0 unspecified atom stereocenters. The van der Waals surface area contributed by atoms with Crippen LogP contribution < -0.4 is 4.74 Å². The van der Waals surface area contributed by atoms with Crippen LogP contribution >= 0.6 is 11.6 Å². The van der Waals surface area contributed by atoms with E-state index in [1.165, 1.54) is 19.2 Å². The Morgan fingerprint density at radius 3 is 1.94 bits per heavy atom. The summed E-state index contributed by atoms with van der Waals surface area (Å²) in [6.45, 7) is 8.00. The molecule has 0 N–H and O–H groups in total. The maximum Gasteiger partial charge on any atom is 0.179 e. The number of hydrogen-bond donors (Lipinski definition) is 0. The smallest absolute Gasteiger partial charge is 0.179 e. The van der Waals surface area contributed by atoms with E-state index in [-0.39, 0.29) is 4.90 Å². The molecule has 0 saturated heterocycles. The lowest BCUT2D eigenvalue weighted by Crippen LogP contribution is -2.00. The summed E-state index contributed by atoms with van der Waals surface area (Å²) in [6.07, 6.45) is 1.11. The Morgan fingerprint density at radius 1 is 1.12 bits per heavy atom. The lowest BCUT2D eigenvalue weighted by Gasteiger charge is -2.06. The van der Waals surface area contributed by atoms with Crippen LogP contribution in [0.4, 0.5) is 0 Å². The van der Waals surface area contributed by atoms with Crippen LogP contribution in [-0.2, 0) is 9.84 Å². The fraction of sp³-hybridized carbons (Fsp3) is 0.500. The molecule has 0 aliphatic heterocycles. The molecule has 0 atom stereocenters. The summed E-state index contributed by atoms with van der Waals surface area (Å²) < 4.78 is 27.3. The molecule has 0 aliphatic rings. The molecule has 100 valence electrons.